The quantitative estimate of drug-likeness (QED) is 0.142. The van der Waals surface area contributed by atoms with Crippen molar-refractivity contribution in [3.63, 3.8) is 0 Å². The summed E-state index contributed by atoms with van der Waals surface area (Å²) in [4.78, 5) is 90.7. The smallest absolute Gasteiger partial charge is 0.407 e. The van der Waals surface area contributed by atoms with E-state index < -0.39 is 51.6 Å². The fourth-order valence-electron chi connectivity index (χ4n) is 13.1. The number of carbonyl (C=O) groups excluding carboxylic acids is 3. The normalized spacial score (nSPS) is 31.3. The third kappa shape index (κ3) is 14.1. The summed E-state index contributed by atoms with van der Waals surface area (Å²) in [6, 6.07) is -0.770. The second kappa shape index (κ2) is 19.2. The standard InChI is InChI=1S/C48H81N9O9/c1-43(2)22-34(49-37(58)64-19-16-52-10-11-52)25-46(7,28-43)31-55-40(61)56(32-47(8)26-35(23-44(3,4)29-47)50-38(59)65-20-17-53-12-13-53)42(63)57(41(55)62)33-48(9)27-36(24-45(5,6)30-48)51-39(60)66-21-18-54-14-15-54/h34-36H,10-33H2,1-9H3,(H,49,58)(H,50,59)(H,51,60)/t34-,35-,36?,46-,47-,48?/m1/s1. The van der Waals surface area contributed by atoms with E-state index in [-0.39, 0.29) is 54.0 Å². The lowest BCUT2D eigenvalue weighted by molar-refractivity contribution is 0.0397. The minimum Gasteiger partial charge on any atom is -0.448 e. The van der Waals surface area contributed by atoms with Crippen molar-refractivity contribution in [1.29, 1.82) is 0 Å². The van der Waals surface area contributed by atoms with Gasteiger partial charge in [-0.3, -0.25) is 14.7 Å². The summed E-state index contributed by atoms with van der Waals surface area (Å²) < 4.78 is 20.4. The Morgan fingerprint density at radius 1 is 0.439 bits per heavy atom. The third-order valence-electron chi connectivity index (χ3n) is 14.8. The van der Waals surface area contributed by atoms with E-state index in [2.05, 4.69) is 93.0 Å². The maximum Gasteiger partial charge on any atom is 0.407 e. The van der Waals surface area contributed by atoms with Crippen molar-refractivity contribution in [3.8, 4) is 0 Å². The molecule has 7 rings (SSSR count). The van der Waals surface area contributed by atoms with Gasteiger partial charge in [0.2, 0.25) is 0 Å². The van der Waals surface area contributed by atoms with Gasteiger partial charge in [0.25, 0.3) is 0 Å². The van der Waals surface area contributed by atoms with Crippen LogP contribution in [0.3, 0.4) is 0 Å². The summed E-state index contributed by atoms with van der Waals surface area (Å²) in [5, 5.41) is 9.27. The molecule has 0 bridgehead atoms. The highest BCUT2D eigenvalue weighted by Gasteiger charge is 2.47. The molecule has 1 aromatic heterocycles. The highest BCUT2D eigenvalue weighted by Crippen LogP contribution is 2.49. The molecule has 18 heteroatoms. The number of aromatic nitrogens is 3. The summed E-state index contributed by atoms with van der Waals surface area (Å²) >= 11 is 0. The van der Waals surface area contributed by atoms with E-state index in [1.807, 2.05) is 0 Å². The van der Waals surface area contributed by atoms with Gasteiger partial charge in [0.1, 0.15) is 19.8 Å². The predicted octanol–water partition coefficient (Wildman–Crippen LogP) is 4.05. The number of nitrogens with one attached hydrogen (secondary N) is 3. The molecule has 3 saturated heterocycles. The van der Waals surface area contributed by atoms with Gasteiger partial charge >= 0.3 is 35.3 Å². The summed E-state index contributed by atoms with van der Waals surface area (Å²) in [5.74, 6) is 0. The van der Waals surface area contributed by atoms with Crippen molar-refractivity contribution in [2.24, 2.45) is 32.5 Å². The Labute approximate surface area is 390 Å². The highest BCUT2D eigenvalue weighted by molar-refractivity contribution is 5.68. The minimum absolute atomic E-state index is 0.0435. The number of amides is 3. The Hall–Kier alpha value is -3.90. The Kier molecular flexibility index (Phi) is 14.6. The van der Waals surface area contributed by atoms with E-state index in [0.29, 0.717) is 97.2 Å². The molecule has 0 radical (unpaired) electrons. The average Bonchev–Trinajstić information content (AvgIpc) is 3.99. The molecule has 3 saturated carbocycles. The lowest BCUT2D eigenvalue weighted by atomic mass is 9.62. The molecule has 3 aliphatic heterocycles. The van der Waals surface area contributed by atoms with Gasteiger partial charge in [-0.1, -0.05) is 62.3 Å². The molecule has 6 atom stereocenters. The van der Waals surface area contributed by atoms with Gasteiger partial charge in [0.05, 0.1) is 0 Å². The number of nitrogens with zero attached hydrogens (tertiary/aromatic N) is 6. The minimum atomic E-state index is -0.660. The van der Waals surface area contributed by atoms with Crippen LogP contribution in [-0.2, 0) is 33.8 Å². The largest absolute Gasteiger partial charge is 0.448 e. The number of alkyl carbamates (subject to hydrolysis) is 3. The van der Waals surface area contributed by atoms with Crippen LogP contribution in [-0.4, -0.2) is 144 Å². The first-order valence-electron chi connectivity index (χ1n) is 24.7. The van der Waals surface area contributed by atoms with Crippen LogP contribution < -0.4 is 33.0 Å². The van der Waals surface area contributed by atoms with Crippen LogP contribution >= 0.6 is 0 Å². The SMILES string of the molecule is CC1(C)CC(NC(=O)OCCN2CC2)CC(C)(Cn2c(=O)n(C[C@]3(C)C[C@H](NC(=O)OCCN4CC4)CC(C)(C)C3)c(=O)n(C[C@]3(C)C[C@H](NC(=O)OCCN4CC4)CC(C)(C)C3)c2=O)C1. The Bertz CT molecular complexity index is 1860. The first-order chi connectivity index (χ1) is 30.8. The van der Waals surface area contributed by atoms with E-state index in [0.717, 1.165) is 39.3 Å². The van der Waals surface area contributed by atoms with Crippen LogP contribution in [0.25, 0.3) is 0 Å². The van der Waals surface area contributed by atoms with Gasteiger partial charge in [-0.05, 0) is 90.3 Å². The Morgan fingerprint density at radius 2 is 0.682 bits per heavy atom. The number of hydrogen-bond acceptors (Lipinski definition) is 12. The molecule has 372 valence electrons. The molecule has 6 aliphatic rings. The Balaban J connectivity index is 1.18. The molecule has 0 spiro atoms. The van der Waals surface area contributed by atoms with Gasteiger partial charge in [0.15, 0.2) is 0 Å². The molecule has 4 heterocycles. The summed E-state index contributed by atoms with van der Waals surface area (Å²) in [7, 11) is 0. The molecule has 6 fully saturated rings. The van der Waals surface area contributed by atoms with Crippen LogP contribution in [0.4, 0.5) is 14.4 Å². The van der Waals surface area contributed by atoms with Crippen molar-refractivity contribution < 1.29 is 28.6 Å². The molecular formula is C48H81N9O9. The average molecular weight is 928 g/mol. The van der Waals surface area contributed by atoms with Crippen LogP contribution in [0, 0.1) is 32.5 Å². The first kappa shape index (κ1) is 50.0. The van der Waals surface area contributed by atoms with Gasteiger partial charge < -0.3 is 30.2 Å². The second-order valence-electron chi connectivity index (χ2n) is 24.7. The summed E-state index contributed by atoms with van der Waals surface area (Å²) in [6.07, 6.45) is 4.21. The molecule has 3 aliphatic carbocycles. The molecule has 2 unspecified atom stereocenters. The predicted molar refractivity (Wildman–Crippen MR) is 251 cm³/mol. The van der Waals surface area contributed by atoms with Crippen molar-refractivity contribution >= 4 is 18.3 Å². The zero-order chi connectivity index (χ0) is 47.9. The van der Waals surface area contributed by atoms with Gasteiger partial charge in [-0.15, -0.1) is 0 Å². The van der Waals surface area contributed by atoms with E-state index in [4.69, 9.17) is 14.2 Å². The number of carbonyl (C=O) groups is 3. The second-order valence-corrected chi connectivity index (χ2v) is 24.7. The lowest BCUT2D eigenvalue weighted by Crippen LogP contribution is -2.60. The van der Waals surface area contributed by atoms with Crippen molar-refractivity contribution in [1.82, 2.24) is 44.4 Å². The Morgan fingerprint density at radius 3 is 0.909 bits per heavy atom. The zero-order valence-corrected chi connectivity index (χ0v) is 41.6. The van der Waals surface area contributed by atoms with E-state index in [1.165, 1.54) is 13.7 Å². The van der Waals surface area contributed by atoms with Crippen molar-refractivity contribution in [2.45, 2.75) is 158 Å². The van der Waals surface area contributed by atoms with Crippen molar-refractivity contribution in [2.75, 3.05) is 78.7 Å². The lowest BCUT2D eigenvalue weighted by Gasteiger charge is -2.48. The molecule has 1 aromatic rings. The maximum atomic E-state index is 15.0. The van der Waals surface area contributed by atoms with Gasteiger partial charge in [-0.25, -0.2) is 42.5 Å². The molecule has 3 N–H and O–H groups in total. The van der Waals surface area contributed by atoms with E-state index in [9.17, 15) is 14.4 Å². The molecule has 18 nitrogen and oxygen atoms in total. The fourth-order valence-corrected chi connectivity index (χ4v) is 13.1. The van der Waals surface area contributed by atoms with Crippen LogP contribution in [0.1, 0.15) is 120 Å². The van der Waals surface area contributed by atoms with Crippen LogP contribution in [0.2, 0.25) is 0 Å². The summed E-state index contributed by atoms with van der Waals surface area (Å²) in [6.45, 7) is 28.3. The summed E-state index contributed by atoms with van der Waals surface area (Å²) in [5.41, 5.74) is -4.58. The molecule has 3 amide bonds. The van der Waals surface area contributed by atoms with E-state index in [1.54, 1.807) is 0 Å². The third-order valence-corrected chi connectivity index (χ3v) is 14.8. The molecule has 66 heavy (non-hydrogen) atoms. The van der Waals surface area contributed by atoms with Gasteiger partial charge in [-0.2, -0.15) is 0 Å². The number of hydrogen-bond donors (Lipinski definition) is 3. The first-order valence-corrected chi connectivity index (χ1v) is 24.7. The number of ether oxygens (including phenoxy) is 3. The highest BCUT2D eigenvalue weighted by atomic mass is 16.6. The van der Waals surface area contributed by atoms with Crippen LogP contribution in [0.5, 0.6) is 0 Å². The number of rotatable bonds is 18. The van der Waals surface area contributed by atoms with Crippen LogP contribution in [0.15, 0.2) is 14.4 Å². The van der Waals surface area contributed by atoms with Crippen molar-refractivity contribution in [3.05, 3.63) is 31.5 Å². The van der Waals surface area contributed by atoms with Gasteiger partial charge in [0, 0.05) is 96.7 Å². The van der Waals surface area contributed by atoms with E-state index >= 15 is 14.4 Å². The maximum absolute atomic E-state index is 15.0. The molecule has 0 aromatic carbocycles. The zero-order valence-electron chi connectivity index (χ0n) is 41.6. The molecular weight excluding hydrogens is 847 g/mol. The topological polar surface area (TPSA) is 190 Å². The fraction of sp³-hybridized carbons (Fsp3) is 0.875. The monoisotopic (exact) mass is 928 g/mol.